The number of carbonyl (C=O) groups is 1. The lowest BCUT2D eigenvalue weighted by molar-refractivity contribution is 0.0175. The SMILES string of the molecule is CCCC(ON)C(CN(N)C(=O)c1ccc(Br)cc1)c1ccccc1. The van der Waals surface area contributed by atoms with Crippen LogP contribution >= 0.6 is 15.9 Å². The highest BCUT2D eigenvalue weighted by Gasteiger charge is 2.27. The van der Waals surface area contributed by atoms with Crippen molar-refractivity contribution in [1.82, 2.24) is 5.01 Å². The number of halogens is 1. The molecule has 6 heteroatoms. The monoisotopic (exact) mass is 405 g/mol. The molecule has 0 aromatic heterocycles. The zero-order chi connectivity index (χ0) is 18.2. The molecule has 0 saturated carbocycles. The standard InChI is InChI=1S/C19H24BrN3O2/c1-2-6-18(25-22)17(14-7-4-3-5-8-14)13-23(21)19(24)15-9-11-16(20)12-10-15/h3-5,7-12,17-18H,2,6,13,21-22H2,1H3. The predicted molar refractivity (Wildman–Crippen MR) is 103 cm³/mol. The highest BCUT2D eigenvalue weighted by molar-refractivity contribution is 9.10. The topological polar surface area (TPSA) is 81.6 Å². The number of benzene rings is 2. The smallest absolute Gasteiger partial charge is 0.267 e. The molecule has 4 N–H and O–H groups in total. The van der Waals surface area contributed by atoms with Crippen LogP contribution in [0.5, 0.6) is 0 Å². The largest absolute Gasteiger partial charge is 0.301 e. The van der Waals surface area contributed by atoms with Crippen molar-refractivity contribution < 1.29 is 9.63 Å². The zero-order valence-electron chi connectivity index (χ0n) is 14.3. The van der Waals surface area contributed by atoms with Crippen LogP contribution in [-0.4, -0.2) is 23.6 Å². The average molecular weight is 406 g/mol. The second-order valence-electron chi connectivity index (χ2n) is 5.94. The van der Waals surface area contributed by atoms with Crippen molar-refractivity contribution in [2.45, 2.75) is 31.8 Å². The van der Waals surface area contributed by atoms with Crippen LogP contribution < -0.4 is 11.7 Å². The summed E-state index contributed by atoms with van der Waals surface area (Å²) < 4.78 is 0.911. The summed E-state index contributed by atoms with van der Waals surface area (Å²) in [5, 5.41) is 1.24. The van der Waals surface area contributed by atoms with E-state index in [1.165, 1.54) is 5.01 Å². The van der Waals surface area contributed by atoms with Gasteiger partial charge in [0.05, 0.1) is 6.10 Å². The van der Waals surface area contributed by atoms with E-state index in [9.17, 15) is 4.79 Å². The summed E-state index contributed by atoms with van der Waals surface area (Å²) in [5.41, 5.74) is 1.59. The number of rotatable bonds is 8. The Morgan fingerprint density at radius 1 is 1.16 bits per heavy atom. The van der Waals surface area contributed by atoms with Crippen LogP contribution in [0.25, 0.3) is 0 Å². The molecule has 2 unspecified atom stereocenters. The van der Waals surface area contributed by atoms with Gasteiger partial charge in [0.15, 0.2) is 0 Å². The Bertz CT molecular complexity index is 664. The van der Waals surface area contributed by atoms with Crippen molar-refractivity contribution in [2.75, 3.05) is 6.54 Å². The minimum absolute atomic E-state index is 0.101. The van der Waals surface area contributed by atoms with Crippen LogP contribution in [-0.2, 0) is 4.84 Å². The fourth-order valence-electron chi connectivity index (χ4n) is 2.84. The maximum atomic E-state index is 12.6. The fourth-order valence-corrected chi connectivity index (χ4v) is 3.10. The number of hydrazine groups is 1. The van der Waals surface area contributed by atoms with E-state index >= 15 is 0 Å². The van der Waals surface area contributed by atoms with E-state index in [1.54, 1.807) is 12.1 Å². The van der Waals surface area contributed by atoms with Gasteiger partial charge in [-0.3, -0.25) is 9.80 Å². The molecule has 0 bridgehead atoms. The van der Waals surface area contributed by atoms with E-state index in [0.29, 0.717) is 12.1 Å². The zero-order valence-corrected chi connectivity index (χ0v) is 15.9. The van der Waals surface area contributed by atoms with Crippen LogP contribution in [0.4, 0.5) is 0 Å². The number of carbonyl (C=O) groups excluding carboxylic acids is 1. The Morgan fingerprint density at radius 3 is 2.36 bits per heavy atom. The van der Waals surface area contributed by atoms with Gasteiger partial charge in [0.25, 0.3) is 5.91 Å². The predicted octanol–water partition coefficient (Wildman–Crippen LogP) is 3.61. The number of nitrogens with zero attached hydrogens (tertiary/aromatic N) is 1. The lowest BCUT2D eigenvalue weighted by Crippen LogP contribution is -2.43. The van der Waals surface area contributed by atoms with Gasteiger partial charge in [-0.15, -0.1) is 0 Å². The lowest BCUT2D eigenvalue weighted by Gasteiger charge is -2.29. The molecule has 0 heterocycles. The van der Waals surface area contributed by atoms with Crippen molar-refractivity contribution in [3.63, 3.8) is 0 Å². The molecule has 0 aliphatic rings. The molecule has 0 spiro atoms. The van der Waals surface area contributed by atoms with Crippen molar-refractivity contribution in [3.05, 3.63) is 70.2 Å². The molecule has 2 aromatic rings. The molecule has 2 atom stereocenters. The van der Waals surface area contributed by atoms with Gasteiger partial charge in [0.1, 0.15) is 0 Å². The van der Waals surface area contributed by atoms with Gasteiger partial charge in [-0.05, 0) is 36.2 Å². The molecular formula is C19H24BrN3O2. The average Bonchev–Trinajstić information content (AvgIpc) is 2.65. The first kappa shape index (κ1) is 19.6. The Hall–Kier alpha value is -1.73. The number of hydrogen-bond acceptors (Lipinski definition) is 4. The summed E-state index contributed by atoms with van der Waals surface area (Å²) in [6, 6.07) is 17.0. The van der Waals surface area contributed by atoms with E-state index in [2.05, 4.69) is 22.9 Å². The third kappa shape index (κ3) is 5.37. The van der Waals surface area contributed by atoms with Crippen molar-refractivity contribution in [1.29, 1.82) is 0 Å². The Labute approximate surface area is 157 Å². The molecule has 2 aromatic carbocycles. The molecule has 0 aliphatic carbocycles. The molecule has 0 radical (unpaired) electrons. The molecule has 0 saturated heterocycles. The van der Waals surface area contributed by atoms with E-state index in [-0.39, 0.29) is 17.9 Å². The Morgan fingerprint density at radius 2 is 1.80 bits per heavy atom. The summed E-state index contributed by atoms with van der Waals surface area (Å²) >= 11 is 3.36. The summed E-state index contributed by atoms with van der Waals surface area (Å²) in [6.07, 6.45) is 1.50. The second-order valence-corrected chi connectivity index (χ2v) is 6.86. The summed E-state index contributed by atoms with van der Waals surface area (Å²) in [5.74, 6) is 11.3. The van der Waals surface area contributed by atoms with Crippen LogP contribution in [0.1, 0.15) is 41.6 Å². The second kappa shape index (κ2) is 9.68. The first-order chi connectivity index (χ1) is 12.1. The van der Waals surface area contributed by atoms with Crippen LogP contribution in [0.2, 0.25) is 0 Å². The van der Waals surface area contributed by atoms with E-state index in [4.69, 9.17) is 16.6 Å². The third-order valence-corrected chi connectivity index (χ3v) is 4.70. The van der Waals surface area contributed by atoms with Gasteiger partial charge >= 0.3 is 0 Å². The molecule has 134 valence electrons. The summed E-state index contributed by atoms with van der Waals surface area (Å²) in [4.78, 5) is 17.8. The highest BCUT2D eigenvalue weighted by Crippen LogP contribution is 2.25. The van der Waals surface area contributed by atoms with Gasteiger partial charge in [-0.25, -0.2) is 11.7 Å². The van der Waals surface area contributed by atoms with E-state index < -0.39 is 0 Å². The molecule has 25 heavy (non-hydrogen) atoms. The lowest BCUT2D eigenvalue weighted by atomic mass is 9.90. The molecule has 1 amide bonds. The maximum absolute atomic E-state index is 12.6. The van der Waals surface area contributed by atoms with Crippen LogP contribution in [0.3, 0.4) is 0 Å². The fraction of sp³-hybridized carbons (Fsp3) is 0.316. The van der Waals surface area contributed by atoms with Gasteiger partial charge in [-0.1, -0.05) is 59.6 Å². The number of amides is 1. The molecule has 2 rings (SSSR count). The Balaban J connectivity index is 2.20. The first-order valence-electron chi connectivity index (χ1n) is 8.29. The van der Waals surface area contributed by atoms with Crippen molar-refractivity contribution in [3.8, 4) is 0 Å². The van der Waals surface area contributed by atoms with E-state index in [1.807, 2.05) is 42.5 Å². The third-order valence-electron chi connectivity index (χ3n) is 4.17. The summed E-state index contributed by atoms with van der Waals surface area (Å²) in [7, 11) is 0. The molecule has 5 nitrogen and oxygen atoms in total. The van der Waals surface area contributed by atoms with Gasteiger partial charge < -0.3 is 4.84 Å². The van der Waals surface area contributed by atoms with Crippen molar-refractivity contribution >= 4 is 21.8 Å². The number of nitrogens with two attached hydrogens (primary N) is 2. The van der Waals surface area contributed by atoms with Gasteiger partial charge in [0.2, 0.25) is 0 Å². The molecular weight excluding hydrogens is 382 g/mol. The maximum Gasteiger partial charge on any atom is 0.267 e. The molecule has 0 fully saturated rings. The normalized spacial score (nSPS) is 13.3. The first-order valence-corrected chi connectivity index (χ1v) is 9.08. The minimum Gasteiger partial charge on any atom is -0.301 e. The summed E-state index contributed by atoms with van der Waals surface area (Å²) in [6.45, 7) is 2.39. The van der Waals surface area contributed by atoms with Gasteiger partial charge in [0, 0.05) is 22.5 Å². The minimum atomic E-state index is -0.235. The number of hydrogen-bond donors (Lipinski definition) is 2. The molecule has 0 aliphatic heterocycles. The van der Waals surface area contributed by atoms with Crippen molar-refractivity contribution in [2.24, 2.45) is 11.7 Å². The Kier molecular flexibility index (Phi) is 7.58. The van der Waals surface area contributed by atoms with Gasteiger partial charge in [-0.2, -0.15) is 0 Å². The highest BCUT2D eigenvalue weighted by atomic mass is 79.9. The van der Waals surface area contributed by atoms with E-state index in [0.717, 1.165) is 22.9 Å². The van der Waals surface area contributed by atoms with Crippen LogP contribution in [0, 0.1) is 0 Å². The quantitative estimate of drug-likeness (QED) is 0.399. The van der Waals surface area contributed by atoms with Crippen LogP contribution in [0.15, 0.2) is 59.1 Å².